The van der Waals surface area contributed by atoms with Gasteiger partial charge in [-0.15, -0.1) is 0 Å². The van der Waals surface area contributed by atoms with Gasteiger partial charge in [-0.2, -0.15) is 0 Å². The summed E-state index contributed by atoms with van der Waals surface area (Å²) in [6.45, 7) is 1.97. The van der Waals surface area contributed by atoms with Gasteiger partial charge in [0.2, 0.25) is 11.9 Å². The molecule has 0 bridgehead atoms. The highest BCUT2D eigenvalue weighted by molar-refractivity contribution is 6.13. The number of Topliss-reactive ketones (excluding diaryl/α,β-unsaturated/α-hetero) is 1. The van der Waals surface area contributed by atoms with Crippen LogP contribution in [0, 0.1) is 6.92 Å². The van der Waals surface area contributed by atoms with Gasteiger partial charge in [-0.25, -0.2) is 0 Å². The molecule has 1 amide bonds. The molecule has 1 aliphatic rings. The van der Waals surface area contributed by atoms with Crippen LogP contribution in [0.2, 0.25) is 0 Å². The molecule has 5 heteroatoms. The fourth-order valence-corrected chi connectivity index (χ4v) is 3.73. The quantitative estimate of drug-likeness (QED) is 0.324. The van der Waals surface area contributed by atoms with Crippen LogP contribution in [0.3, 0.4) is 0 Å². The summed E-state index contributed by atoms with van der Waals surface area (Å²) in [6.07, 6.45) is 4.72. The van der Waals surface area contributed by atoms with Gasteiger partial charge in [0.05, 0.1) is 6.42 Å². The average molecular weight is 408 g/mol. The molecule has 2 aromatic rings. The molecule has 0 radical (unpaired) electrons. The molecule has 2 aromatic carbocycles. The molecule has 0 heterocycles. The van der Waals surface area contributed by atoms with Gasteiger partial charge in [0, 0.05) is 11.6 Å². The molecular weight excluding hydrogens is 378 g/mol. The van der Waals surface area contributed by atoms with Crippen molar-refractivity contribution < 1.29 is 19.1 Å². The van der Waals surface area contributed by atoms with Gasteiger partial charge in [0.25, 0.3) is 5.91 Å². The maximum Gasteiger partial charge on any atom is 0.311 e. The number of amides is 1. The molecule has 1 N–H and O–H groups in total. The van der Waals surface area contributed by atoms with E-state index in [2.05, 4.69) is 5.32 Å². The predicted octanol–water partition coefficient (Wildman–Crippen LogP) is 4.17. The van der Waals surface area contributed by atoms with Gasteiger partial charge < -0.3 is 10.1 Å². The Balaban J connectivity index is 1.72. The molecule has 1 atom stereocenters. The third-order valence-corrected chi connectivity index (χ3v) is 5.45. The highest BCUT2D eigenvalue weighted by atomic mass is 16.6. The molecule has 1 saturated carbocycles. The van der Waals surface area contributed by atoms with Crippen LogP contribution < -0.4 is 5.32 Å². The van der Waals surface area contributed by atoms with Crippen LogP contribution in [0.15, 0.2) is 54.6 Å². The average Bonchev–Trinajstić information content (AvgIpc) is 3.02. The van der Waals surface area contributed by atoms with E-state index in [-0.39, 0.29) is 12.5 Å². The lowest BCUT2D eigenvalue weighted by Gasteiger charge is -2.21. The van der Waals surface area contributed by atoms with Crippen LogP contribution in [-0.2, 0) is 20.7 Å². The minimum atomic E-state index is -1.48. The second-order valence-corrected chi connectivity index (χ2v) is 7.96. The number of ketones is 1. The first kappa shape index (κ1) is 21.8. The Kier molecular flexibility index (Phi) is 7.77. The summed E-state index contributed by atoms with van der Waals surface area (Å²) in [7, 11) is 0. The molecule has 5 nitrogen and oxygen atoms in total. The molecular formula is C25H29NO4. The molecule has 0 aromatic heterocycles. The Morgan fingerprint density at radius 3 is 2.20 bits per heavy atom. The zero-order chi connectivity index (χ0) is 21.3. The summed E-state index contributed by atoms with van der Waals surface area (Å²) in [5, 5.41) is 2.95. The van der Waals surface area contributed by atoms with Crippen molar-refractivity contribution in [2.24, 2.45) is 0 Å². The zero-order valence-electron chi connectivity index (χ0n) is 17.4. The number of carbonyl (C=O) groups is 3. The summed E-state index contributed by atoms with van der Waals surface area (Å²) < 4.78 is 5.43. The Bertz CT molecular complexity index is 852. The lowest BCUT2D eigenvalue weighted by Crippen LogP contribution is -2.47. The first-order chi connectivity index (χ1) is 14.5. The summed E-state index contributed by atoms with van der Waals surface area (Å²) in [5.74, 6) is -1.63. The topological polar surface area (TPSA) is 72.5 Å². The molecule has 1 aliphatic carbocycles. The van der Waals surface area contributed by atoms with E-state index in [1.165, 1.54) is 0 Å². The Hall–Kier alpha value is -2.95. The molecule has 1 unspecified atom stereocenters. The van der Waals surface area contributed by atoms with Crippen LogP contribution >= 0.6 is 0 Å². The van der Waals surface area contributed by atoms with E-state index >= 15 is 0 Å². The molecule has 0 spiro atoms. The number of nitrogens with one attached hydrogen (secondary N) is 1. The number of hydrogen-bond acceptors (Lipinski definition) is 4. The standard InChI is InChI=1S/C25H29NO4/c1-18-13-15-19(16-14-18)17-22(27)30-24(23(28)20-9-5-4-6-10-20)25(29)26-21-11-7-2-3-8-12-21/h4-6,9-10,13-16,21,24H,2-3,7-8,11-12,17H2,1H3,(H,26,29). The Labute approximate surface area is 177 Å². The van der Waals surface area contributed by atoms with E-state index < -0.39 is 23.8 Å². The SMILES string of the molecule is Cc1ccc(CC(=O)OC(C(=O)NC2CCCCCC2)C(=O)c2ccccc2)cc1. The number of benzene rings is 2. The number of esters is 1. The normalized spacial score (nSPS) is 15.6. The highest BCUT2D eigenvalue weighted by Gasteiger charge is 2.33. The summed E-state index contributed by atoms with van der Waals surface area (Å²) in [5.41, 5.74) is 2.22. The van der Waals surface area contributed by atoms with Crippen molar-refractivity contribution in [1.29, 1.82) is 0 Å². The lowest BCUT2D eigenvalue weighted by molar-refractivity contribution is -0.152. The number of ether oxygens (including phenoxy) is 1. The van der Waals surface area contributed by atoms with Gasteiger partial charge in [0.1, 0.15) is 0 Å². The minimum absolute atomic E-state index is 0.00948. The van der Waals surface area contributed by atoms with E-state index in [4.69, 9.17) is 4.74 Å². The van der Waals surface area contributed by atoms with Gasteiger partial charge in [-0.05, 0) is 25.3 Å². The number of carbonyl (C=O) groups excluding carboxylic acids is 3. The smallest absolute Gasteiger partial charge is 0.311 e. The van der Waals surface area contributed by atoms with Crippen molar-refractivity contribution in [2.45, 2.75) is 64.0 Å². The molecule has 3 rings (SSSR count). The monoisotopic (exact) mass is 407 g/mol. The van der Waals surface area contributed by atoms with E-state index in [0.29, 0.717) is 5.56 Å². The summed E-state index contributed by atoms with van der Waals surface area (Å²) in [6, 6.07) is 16.0. The Morgan fingerprint density at radius 2 is 1.57 bits per heavy atom. The highest BCUT2D eigenvalue weighted by Crippen LogP contribution is 2.18. The maximum atomic E-state index is 13.0. The van der Waals surface area contributed by atoms with E-state index in [1.807, 2.05) is 31.2 Å². The van der Waals surface area contributed by atoms with Gasteiger partial charge in [-0.1, -0.05) is 85.8 Å². The molecule has 0 aliphatic heterocycles. The van der Waals surface area contributed by atoms with Crippen molar-refractivity contribution >= 4 is 17.7 Å². The maximum absolute atomic E-state index is 13.0. The van der Waals surface area contributed by atoms with Crippen molar-refractivity contribution in [3.63, 3.8) is 0 Å². The van der Waals surface area contributed by atoms with E-state index in [0.717, 1.165) is 49.7 Å². The van der Waals surface area contributed by atoms with Crippen LogP contribution in [0.4, 0.5) is 0 Å². The zero-order valence-corrected chi connectivity index (χ0v) is 17.4. The van der Waals surface area contributed by atoms with Crippen LogP contribution in [0.1, 0.15) is 60.0 Å². The number of aryl methyl sites for hydroxylation is 1. The summed E-state index contributed by atoms with van der Waals surface area (Å²) in [4.78, 5) is 38.5. The molecule has 0 saturated heterocycles. The molecule has 1 fully saturated rings. The van der Waals surface area contributed by atoms with Crippen LogP contribution in [-0.4, -0.2) is 29.8 Å². The van der Waals surface area contributed by atoms with Crippen molar-refractivity contribution in [1.82, 2.24) is 5.32 Å². The van der Waals surface area contributed by atoms with Gasteiger partial charge >= 0.3 is 5.97 Å². The first-order valence-corrected chi connectivity index (χ1v) is 10.7. The first-order valence-electron chi connectivity index (χ1n) is 10.7. The van der Waals surface area contributed by atoms with E-state index in [1.54, 1.807) is 30.3 Å². The summed E-state index contributed by atoms with van der Waals surface area (Å²) >= 11 is 0. The van der Waals surface area contributed by atoms with Gasteiger partial charge in [-0.3, -0.25) is 14.4 Å². The number of rotatable bonds is 7. The van der Waals surface area contributed by atoms with Gasteiger partial charge in [0.15, 0.2) is 0 Å². The lowest BCUT2D eigenvalue weighted by atomic mass is 10.0. The third-order valence-electron chi connectivity index (χ3n) is 5.45. The van der Waals surface area contributed by atoms with Crippen molar-refractivity contribution in [3.8, 4) is 0 Å². The minimum Gasteiger partial charge on any atom is -0.443 e. The fraction of sp³-hybridized carbons (Fsp3) is 0.400. The van der Waals surface area contributed by atoms with Crippen LogP contribution in [0.25, 0.3) is 0 Å². The third kappa shape index (κ3) is 6.28. The van der Waals surface area contributed by atoms with Crippen molar-refractivity contribution in [3.05, 3.63) is 71.3 Å². The second-order valence-electron chi connectivity index (χ2n) is 7.96. The second kappa shape index (κ2) is 10.7. The van der Waals surface area contributed by atoms with Crippen LogP contribution in [0.5, 0.6) is 0 Å². The van der Waals surface area contributed by atoms with Crippen molar-refractivity contribution in [2.75, 3.05) is 0 Å². The predicted molar refractivity (Wildman–Crippen MR) is 115 cm³/mol. The Morgan fingerprint density at radius 1 is 0.933 bits per heavy atom. The van der Waals surface area contributed by atoms with E-state index in [9.17, 15) is 14.4 Å². The largest absolute Gasteiger partial charge is 0.443 e. The molecule has 30 heavy (non-hydrogen) atoms. The molecule has 158 valence electrons. The number of hydrogen-bond donors (Lipinski definition) is 1. The fourth-order valence-electron chi connectivity index (χ4n) is 3.73.